The molecule has 2 heterocycles. The molecule has 1 atom stereocenters. The molecule has 1 aliphatic heterocycles. The predicted molar refractivity (Wildman–Crippen MR) is 59.9 cm³/mol. The van der Waals surface area contributed by atoms with Crippen molar-refractivity contribution in [3.8, 4) is 0 Å². The zero-order valence-electron chi connectivity index (χ0n) is 9.81. The highest BCUT2D eigenvalue weighted by molar-refractivity contribution is 5.81. The van der Waals surface area contributed by atoms with Crippen LogP contribution in [0.3, 0.4) is 0 Å². The maximum absolute atomic E-state index is 11.9. The average molecular weight is 239 g/mol. The normalized spacial score (nSPS) is 18.9. The molecule has 0 spiro atoms. The van der Waals surface area contributed by atoms with Gasteiger partial charge in [-0.3, -0.25) is 9.69 Å². The van der Waals surface area contributed by atoms with E-state index in [0.717, 1.165) is 26.2 Å². The third kappa shape index (κ3) is 3.21. The first-order chi connectivity index (χ1) is 8.27. The topological polar surface area (TPSA) is 98.8 Å². The number of hydrogen-bond donors (Lipinski definition) is 3. The van der Waals surface area contributed by atoms with Gasteiger partial charge in [0.2, 0.25) is 5.91 Å². The monoisotopic (exact) mass is 239 g/mol. The first-order valence-corrected chi connectivity index (χ1v) is 5.72. The lowest BCUT2D eigenvalue weighted by Crippen LogP contribution is -2.52. The van der Waals surface area contributed by atoms with Crippen molar-refractivity contribution in [1.82, 2.24) is 36.2 Å². The second-order valence-corrected chi connectivity index (χ2v) is 4.01. The van der Waals surface area contributed by atoms with Gasteiger partial charge in [-0.05, 0) is 6.92 Å². The summed E-state index contributed by atoms with van der Waals surface area (Å²) in [7, 11) is 0. The summed E-state index contributed by atoms with van der Waals surface area (Å²) in [6.45, 7) is 5.89. The molecular weight excluding hydrogens is 222 g/mol. The van der Waals surface area contributed by atoms with Gasteiger partial charge in [-0.25, -0.2) is 0 Å². The van der Waals surface area contributed by atoms with Crippen LogP contribution in [0.25, 0.3) is 0 Å². The second kappa shape index (κ2) is 5.69. The highest BCUT2D eigenvalue weighted by Gasteiger charge is 2.22. The first-order valence-electron chi connectivity index (χ1n) is 5.72. The summed E-state index contributed by atoms with van der Waals surface area (Å²) in [5, 5.41) is 19.4. The van der Waals surface area contributed by atoms with Crippen LogP contribution in [0.5, 0.6) is 0 Å². The van der Waals surface area contributed by atoms with Crippen LogP contribution in [-0.4, -0.2) is 63.7 Å². The number of rotatable bonds is 4. The number of aromatic nitrogens is 4. The van der Waals surface area contributed by atoms with Crippen LogP contribution >= 0.6 is 0 Å². The van der Waals surface area contributed by atoms with Crippen molar-refractivity contribution < 1.29 is 4.79 Å². The van der Waals surface area contributed by atoms with Crippen molar-refractivity contribution in [2.45, 2.75) is 19.5 Å². The van der Waals surface area contributed by atoms with E-state index in [4.69, 9.17) is 0 Å². The number of hydrogen-bond acceptors (Lipinski definition) is 6. The fourth-order valence-electron chi connectivity index (χ4n) is 1.81. The summed E-state index contributed by atoms with van der Waals surface area (Å²) in [6, 6.07) is -0.121. The van der Waals surface area contributed by atoms with Crippen LogP contribution in [-0.2, 0) is 11.3 Å². The van der Waals surface area contributed by atoms with Crippen molar-refractivity contribution in [3.05, 3.63) is 5.82 Å². The van der Waals surface area contributed by atoms with E-state index in [1.165, 1.54) is 0 Å². The van der Waals surface area contributed by atoms with E-state index in [9.17, 15) is 4.79 Å². The SMILES string of the molecule is CC(C(=O)NCc1nn[nH]n1)N1CCNCC1. The number of nitrogens with one attached hydrogen (secondary N) is 3. The molecule has 8 nitrogen and oxygen atoms in total. The van der Waals surface area contributed by atoms with E-state index in [1.54, 1.807) is 0 Å². The fraction of sp³-hybridized carbons (Fsp3) is 0.778. The molecule has 17 heavy (non-hydrogen) atoms. The Balaban J connectivity index is 1.78. The van der Waals surface area contributed by atoms with Crippen LogP contribution in [0, 0.1) is 0 Å². The van der Waals surface area contributed by atoms with Gasteiger partial charge in [0.25, 0.3) is 0 Å². The van der Waals surface area contributed by atoms with Gasteiger partial charge >= 0.3 is 0 Å². The molecule has 8 heteroatoms. The van der Waals surface area contributed by atoms with Crippen LogP contribution in [0.15, 0.2) is 0 Å². The van der Waals surface area contributed by atoms with Gasteiger partial charge in [0.15, 0.2) is 5.82 Å². The molecule has 2 rings (SSSR count). The molecule has 94 valence electrons. The lowest BCUT2D eigenvalue weighted by Gasteiger charge is -2.31. The minimum Gasteiger partial charge on any atom is -0.347 e. The standard InChI is InChI=1S/C9H17N7O/c1-7(16-4-2-10-3-5-16)9(17)11-6-8-12-14-15-13-8/h7,10H,2-6H2,1H3,(H,11,17)(H,12,13,14,15). The quantitative estimate of drug-likeness (QED) is 0.568. The van der Waals surface area contributed by atoms with Crippen molar-refractivity contribution in [2.75, 3.05) is 26.2 Å². The molecule has 1 amide bonds. The summed E-state index contributed by atoms with van der Waals surface area (Å²) < 4.78 is 0. The van der Waals surface area contributed by atoms with E-state index in [1.807, 2.05) is 6.92 Å². The number of amides is 1. The molecule has 1 fully saturated rings. The zero-order valence-corrected chi connectivity index (χ0v) is 9.81. The number of piperazine rings is 1. The number of tetrazole rings is 1. The molecule has 1 aromatic rings. The molecule has 3 N–H and O–H groups in total. The Labute approximate surface area is 99.1 Å². The van der Waals surface area contributed by atoms with Gasteiger partial charge in [-0.2, -0.15) is 5.21 Å². The minimum atomic E-state index is -0.121. The van der Waals surface area contributed by atoms with Gasteiger partial charge < -0.3 is 10.6 Å². The van der Waals surface area contributed by atoms with Gasteiger partial charge in [0.1, 0.15) is 0 Å². The highest BCUT2D eigenvalue weighted by Crippen LogP contribution is 2.01. The van der Waals surface area contributed by atoms with Gasteiger partial charge in [0.05, 0.1) is 12.6 Å². The third-order valence-electron chi connectivity index (χ3n) is 2.89. The third-order valence-corrected chi connectivity index (χ3v) is 2.89. The van der Waals surface area contributed by atoms with Gasteiger partial charge in [-0.15, -0.1) is 10.2 Å². The minimum absolute atomic E-state index is 0.00306. The van der Waals surface area contributed by atoms with Crippen LogP contribution in [0.1, 0.15) is 12.7 Å². The largest absolute Gasteiger partial charge is 0.347 e. The van der Waals surface area contributed by atoms with Crippen LogP contribution in [0.2, 0.25) is 0 Å². The molecule has 1 aromatic heterocycles. The number of carbonyl (C=O) groups is 1. The Kier molecular flexibility index (Phi) is 3.99. The molecular formula is C9H17N7O. The fourth-order valence-corrected chi connectivity index (χ4v) is 1.81. The van der Waals surface area contributed by atoms with Crippen LogP contribution < -0.4 is 10.6 Å². The molecule has 0 radical (unpaired) electrons. The maximum Gasteiger partial charge on any atom is 0.237 e. The lowest BCUT2D eigenvalue weighted by atomic mass is 10.2. The number of nitrogens with zero attached hydrogens (tertiary/aromatic N) is 4. The summed E-state index contributed by atoms with van der Waals surface area (Å²) in [6.07, 6.45) is 0. The molecule has 1 saturated heterocycles. The van der Waals surface area contributed by atoms with E-state index >= 15 is 0 Å². The van der Waals surface area contributed by atoms with Crippen molar-refractivity contribution in [2.24, 2.45) is 0 Å². The van der Waals surface area contributed by atoms with E-state index in [0.29, 0.717) is 12.4 Å². The average Bonchev–Trinajstić information content (AvgIpc) is 2.89. The Hall–Kier alpha value is -1.54. The Morgan fingerprint density at radius 1 is 1.53 bits per heavy atom. The van der Waals surface area contributed by atoms with E-state index < -0.39 is 0 Å². The molecule has 0 saturated carbocycles. The van der Waals surface area contributed by atoms with Gasteiger partial charge in [-0.1, -0.05) is 5.21 Å². The van der Waals surface area contributed by atoms with Crippen molar-refractivity contribution in [1.29, 1.82) is 0 Å². The second-order valence-electron chi connectivity index (χ2n) is 4.01. The Morgan fingerprint density at radius 3 is 2.94 bits per heavy atom. The Morgan fingerprint density at radius 2 is 2.29 bits per heavy atom. The number of carbonyl (C=O) groups excluding carboxylic acids is 1. The molecule has 0 aliphatic carbocycles. The maximum atomic E-state index is 11.9. The lowest BCUT2D eigenvalue weighted by molar-refractivity contribution is -0.126. The van der Waals surface area contributed by atoms with Gasteiger partial charge in [0, 0.05) is 26.2 Å². The van der Waals surface area contributed by atoms with Crippen LogP contribution in [0.4, 0.5) is 0 Å². The zero-order chi connectivity index (χ0) is 12.1. The smallest absolute Gasteiger partial charge is 0.237 e. The molecule has 0 bridgehead atoms. The van der Waals surface area contributed by atoms with E-state index in [-0.39, 0.29) is 11.9 Å². The Bertz CT molecular complexity index is 346. The van der Waals surface area contributed by atoms with Crippen molar-refractivity contribution >= 4 is 5.91 Å². The summed E-state index contributed by atoms with van der Waals surface area (Å²) in [4.78, 5) is 14.0. The first kappa shape index (κ1) is 11.9. The highest BCUT2D eigenvalue weighted by atomic mass is 16.2. The summed E-state index contributed by atoms with van der Waals surface area (Å²) in [5.41, 5.74) is 0. The molecule has 1 aliphatic rings. The molecule has 1 unspecified atom stereocenters. The van der Waals surface area contributed by atoms with Crippen molar-refractivity contribution in [3.63, 3.8) is 0 Å². The summed E-state index contributed by atoms with van der Waals surface area (Å²) >= 11 is 0. The van der Waals surface area contributed by atoms with E-state index in [2.05, 4.69) is 36.2 Å². The predicted octanol–water partition coefficient (Wildman–Crippen LogP) is -1.89. The molecule has 0 aromatic carbocycles. The number of H-pyrrole nitrogens is 1. The summed E-state index contributed by atoms with van der Waals surface area (Å²) in [5.74, 6) is 0.488. The number of aromatic amines is 1.